The second-order valence-corrected chi connectivity index (χ2v) is 7.28. The van der Waals surface area contributed by atoms with E-state index in [1.807, 2.05) is 26.8 Å². The van der Waals surface area contributed by atoms with Crippen LogP contribution >= 0.6 is 15.9 Å². The molecule has 0 heterocycles. The molecule has 0 bridgehead atoms. The van der Waals surface area contributed by atoms with Crippen LogP contribution in [-0.2, 0) is 10.0 Å². The van der Waals surface area contributed by atoms with Gasteiger partial charge >= 0.3 is 0 Å². The molecule has 0 aliphatic carbocycles. The van der Waals surface area contributed by atoms with Gasteiger partial charge in [0.05, 0.1) is 4.90 Å². The molecule has 19 heavy (non-hydrogen) atoms. The van der Waals surface area contributed by atoms with Gasteiger partial charge in [-0.15, -0.1) is 0 Å². The van der Waals surface area contributed by atoms with E-state index in [1.54, 1.807) is 22.5 Å². The van der Waals surface area contributed by atoms with Crippen LogP contribution in [0.2, 0.25) is 0 Å². The summed E-state index contributed by atoms with van der Waals surface area (Å²) in [7, 11) is -3.41. The molecule has 0 amide bonds. The molecule has 0 fully saturated rings. The lowest BCUT2D eigenvalue weighted by Gasteiger charge is -2.29. The van der Waals surface area contributed by atoms with Crippen molar-refractivity contribution in [3.63, 3.8) is 0 Å². The molecule has 0 aliphatic heterocycles. The Kier molecular flexibility index (Phi) is 6.50. The van der Waals surface area contributed by atoms with Gasteiger partial charge in [0, 0.05) is 17.9 Å². The smallest absolute Gasteiger partial charge is 0.207 e. The van der Waals surface area contributed by atoms with E-state index in [1.165, 1.54) is 0 Å². The Hall–Kier alpha value is -0.390. The molecule has 0 spiro atoms. The molecule has 0 radical (unpaired) electrons. The summed E-state index contributed by atoms with van der Waals surface area (Å²) in [6, 6.07) is 7.17. The lowest BCUT2D eigenvalue weighted by molar-refractivity contribution is 0.317. The summed E-state index contributed by atoms with van der Waals surface area (Å²) in [6.07, 6.45) is 1.66. The van der Waals surface area contributed by atoms with Crippen molar-refractivity contribution < 1.29 is 8.42 Å². The normalized spacial score (nSPS) is 12.3. The van der Waals surface area contributed by atoms with Crippen LogP contribution < -0.4 is 0 Å². The molecule has 0 aliphatic rings. The third-order valence-corrected chi connectivity index (χ3v) is 5.55. The van der Waals surface area contributed by atoms with Crippen molar-refractivity contribution >= 4 is 26.0 Å². The molecule has 108 valence electrons. The molecular formula is C14H22BrNO2S. The molecule has 0 N–H and O–H groups in total. The molecular weight excluding hydrogens is 326 g/mol. The summed E-state index contributed by atoms with van der Waals surface area (Å²) < 4.78 is 27.1. The number of aryl methyl sites for hydroxylation is 1. The number of halogens is 1. The quantitative estimate of drug-likeness (QED) is 0.707. The first-order valence-corrected chi connectivity index (χ1v) is 9.18. The second kappa shape index (κ2) is 7.41. The summed E-state index contributed by atoms with van der Waals surface area (Å²) in [5.74, 6) is 0. The zero-order chi connectivity index (χ0) is 14.5. The van der Waals surface area contributed by atoms with Gasteiger partial charge in [0.2, 0.25) is 10.0 Å². The molecule has 0 unspecified atom stereocenters. The van der Waals surface area contributed by atoms with E-state index in [4.69, 9.17) is 0 Å². The number of hydrogen-bond donors (Lipinski definition) is 0. The van der Waals surface area contributed by atoms with Crippen LogP contribution in [0.5, 0.6) is 0 Å². The van der Waals surface area contributed by atoms with E-state index < -0.39 is 10.0 Å². The van der Waals surface area contributed by atoms with Gasteiger partial charge in [-0.25, -0.2) is 8.42 Å². The maximum atomic E-state index is 12.7. The highest BCUT2D eigenvalue weighted by atomic mass is 79.9. The van der Waals surface area contributed by atoms with Crippen molar-refractivity contribution in [3.05, 3.63) is 29.8 Å². The highest BCUT2D eigenvalue weighted by Gasteiger charge is 2.29. The fraction of sp³-hybridized carbons (Fsp3) is 0.571. The van der Waals surface area contributed by atoms with Crippen LogP contribution in [0.15, 0.2) is 29.2 Å². The van der Waals surface area contributed by atoms with Gasteiger partial charge in [0.25, 0.3) is 0 Å². The zero-order valence-electron chi connectivity index (χ0n) is 11.8. The van der Waals surface area contributed by atoms with Gasteiger partial charge in [-0.3, -0.25) is 0 Å². The summed E-state index contributed by atoms with van der Waals surface area (Å²) in [5, 5.41) is 0.647. The van der Waals surface area contributed by atoms with Gasteiger partial charge in [-0.05, 0) is 37.5 Å². The molecule has 1 rings (SSSR count). The maximum Gasteiger partial charge on any atom is 0.243 e. The molecule has 1 aromatic rings. The van der Waals surface area contributed by atoms with Gasteiger partial charge in [0.15, 0.2) is 0 Å². The van der Waals surface area contributed by atoms with Crippen LogP contribution in [0.25, 0.3) is 0 Å². The van der Waals surface area contributed by atoms with Gasteiger partial charge < -0.3 is 0 Å². The first-order chi connectivity index (χ1) is 8.97. The summed E-state index contributed by atoms with van der Waals surface area (Å²) in [4.78, 5) is 0.389. The number of rotatable bonds is 7. The minimum Gasteiger partial charge on any atom is -0.207 e. The standard InChI is InChI=1S/C14H22BrNO2S/c1-4-13(5-2)16(10-9-15)19(17,18)14-8-6-7-12(3)11-14/h6-8,11,13H,4-5,9-10H2,1-3H3. The Bertz CT molecular complexity index is 498. The molecule has 3 nitrogen and oxygen atoms in total. The van der Waals surface area contributed by atoms with E-state index >= 15 is 0 Å². The minimum absolute atomic E-state index is 0.0584. The van der Waals surface area contributed by atoms with Crippen LogP contribution in [-0.4, -0.2) is 30.6 Å². The summed E-state index contributed by atoms with van der Waals surface area (Å²) in [6.45, 7) is 6.47. The number of hydrogen-bond acceptors (Lipinski definition) is 2. The van der Waals surface area contributed by atoms with Crippen molar-refractivity contribution in [1.29, 1.82) is 0 Å². The number of alkyl halides is 1. The predicted octanol–water partition coefficient (Wildman–Crippen LogP) is 3.57. The molecule has 0 saturated heterocycles. The van der Waals surface area contributed by atoms with Crippen LogP contribution in [0, 0.1) is 6.92 Å². The number of benzene rings is 1. The molecule has 0 aromatic heterocycles. The van der Waals surface area contributed by atoms with Gasteiger partial charge in [-0.2, -0.15) is 4.31 Å². The predicted molar refractivity (Wildman–Crippen MR) is 83.2 cm³/mol. The third-order valence-electron chi connectivity index (χ3n) is 3.25. The Labute approximate surface area is 125 Å². The van der Waals surface area contributed by atoms with E-state index in [0.29, 0.717) is 16.8 Å². The third kappa shape index (κ3) is 4.04. The van der Waals surface area contributed by atoms with Gasteiger partial charge in [0.1, 0.15) is 0 Å². The Morgan fingerprint density at radius 3 is 2.37 bits per heavy atom. The molecule has 0 saturated carbocycles. The van der Waals surface area contributed by atoms with Gasteiger partial charge in [-0.1, -0.05) is 41.9 Å². The molecule has 5 heteroatoms. The van der Waals surface area contributed by atoms with Crippen molar-refractivity contribution in [2.75, 3.05) is 11.9 Å². The Morgan fingerprint density at radius 1 is 1.26 bits per heavy atom. The Morgan fingerprint density at radius 2 is 1.89 bits per heavy atom. The SMILES string of the molecule is CCC(CC)N(CCBr)S(=O)(=O)c1cccc(C)c1. The summed E-state index contributed by atoms with van der Waals surface area (Å²) in [5.41, 5.74) is 0.962. The average molecular weight is 348 g/mol. The monoisotopic (exact) mass is 347 g/mol. The topological polar surface area (TPSA) is 37.4 Å². The highest BCUT2D eigenvalue weighted by molar-refractivity contribution is 9.09. The fourth-order valence-corrected chi connectivity index (χ4v) is 4.68. The second-order valence-electron chi connectivity index (χ2n) is 4.59. The van der Waals surface area contributed by atoms with Crippen molar-refractivity contribution in [1.82, 2.24) is 4.31 Å². The largest absolute Gasteiger partial charge is 0.243 e. The first kappa shape index (κ1) is 16.7. The number of sulfonamides is 1. The van der Waals surface area contributed by atoms with Crippen LogP contribution in [0.1, 0.15) is 32.3 Å². The molecule has 1 aromatic carbocycles. The fourth-order valence-electron chi connectivity index (χ4n) is 2.19. The Balaban J connectivity index is 3.19. The van der Waals surface area contributed by atoms with Crippen molar-refractivity contribution in [2.45, 2.75) is 44.6 Å². The van der Waals surface area contributed by atoms with E-state index in [2.05, 4.69) is 15.9 Å². The lowest BCUT2D eigenvalue weighted by atomic mass is 10.2. The van der Waals surface area contributed by atoms with Crippen molar-refractivity contribution in [3.8, 4) is 0 Å². The van der Waals surface area contributed by atoms with E-state index in [9.17, 15) is 8.42 Å². The van der Waals surface area contributed by atoms with Crippen LogP contribution in [0.3, 0.4) is 0 Å². The zero-order valence-corrected chi connectivity index (χ0v) is 14.2. The lowest BCUT2D eigenvalue weighted by Crippen LogP contribution is -2.40. The number of nitrogens with zero attached hydrogens (tertiary/aromatic N) is 1. The van der Waals surface area contributed by atoms with E-state index in [-0.39, 0.29) is 6.04 Å². The average Bonchev–Trinajstić information content (AvgIpc) is 2.39. The first-order valence-electron chi connectivity index (χ1n) is 6.61. The highest BCUT2D eigenvalue weighted by Crippen LogP contribution is 2.22. The van der Waals surface area contributed by atoms with E-state index in [0.717, 1.165) is 18.4 Å². The maximum absolute atomic E-state index is 12.7. The minimum atomic E-state index is -3.41. The van der Waals surface area contributed by atoms with Crippen molar-refractivity contribution in [2.24, 2.45) is 0 Å². The van der Waals surface area contributed by atoms with Crippen LogP contribution in [0.4, 0.5) is 0 Å². The summed E-state index contributed by atoms with van der Waals surface area (Å²) >= 11 is 3.35. The molecule has 0 atom stereocenters.